The number of ether oxygens (including phenoxy) is 2. The number of carbonyl (C=O) groups excluding carboxylic acids is 2. The highest BCUT2D eigenvalue weighted by Gasteiger charge is 2.16. The van der Waals surface area contributed by atoms with Gasteiger partial charge in [0.25, 0.3) is 11.8 Å². The van der Waals surface area contributed by atoms with E-state index < -0.39 is 11.8 Å². The first-order valence-electron chi connectivity index (χ1n) is 8.90. The largest absolute Gasteiger partial charge is 0.486 e. The minimum absolute atomic E-state index is 0.365. The number of aromatic nitrogens is 1. The third kappa shape index (κ3) is 3.83. The van der Waals surface area contributed by atoms with Gasteiger partial charge in [0.15, 0.2) is 11.5 Å². The van der Waals surface area contributed by atoms with Crippen LogP contribution < -0.4 is 20.3 Å². The van der Waals surface area contributed by atoms with Gasteiger partial charge >= 0.3 is 0 Å². The molecule has 0 unspecified atom stereocenters. The minimum atomic E-state index is -0.438. The lowest BCUT2D eigenvalue weighted by atomic mass is 10.2. The summed E-state index contributed by atoms with van der Waals surface area (Å²) < 4.78 is 12.7. The van der Waals surface area contributed by atoms with Gasteiger partial charge in [-0.2, -0.15) is 0 Å². The van der Waals surface area contributed by atoms with Crippen LogP contribution in [0.5, 0.6) is 11.5 Å². The summed E-state index contributed by atoms with van der Waals surface area (Å²) in [6.07, 6.45) is 1.82. The van der Waals surface area contributed by atoms with E-state index in [-0.39, 0.29) is 0 Å². The maximum atomic E-state index is 12.5. The second-order valence-corrected chi connectivity index (χ2v) is 6.27. The van der Waals surface area contributed by atoms with E-state index in [2.05, 4.69) is 10.9 Å². The molecular weight excluding hydrogens is 358 g/mol. The lowest BCUT2D eigenvalue weighted by molar-refractivity contribution is 0.0841. The molecular formula is C21H19N3O4. The number of rotatable bonds is 4. The Kier molecular flexibility index (Phi) is 4.97. The maximum Gasteiger partial charge on any atom is 0.286 e. The zero-order valence-electron chi connectivity index (χ0n) is 15.1. The Morgan fingerprint density at radius 2 is 1.61 bits per heavy atom. The van der Waals surface area contributed by atoms with Crippen molar-refractivity contribution in [3.63, 3.8) is 0 Å². The van der Waals surface area contributed by atoms with Crippen molar-refractivity contribution >= 4 is 11.8 Å². The fourth-order valence-electron chi connectivity index (χ4n) is 2.97. The van der Waals surface area contributed by atoms with E-state index in [1.807, 2.05) is 41.1 Å². The van der Waals surface area contributed by atoms with Crippen molar-refractivity contribution in [3.8, 4) is 11.5 Å². The van der Waals surface area contributed by atoms with E-state index in [1.54, 1.807) is 30.3 Å². The fourth-order valence-corrected chi connectivity index (χ4v) is 2.97. The summed E-state index contributed by atoms with van der Waals surface area (Å²) in [5, 5.41) is 0. The van der Waals surface area contributed by atoms with Crippen LogP contribution >= 0.6 is 0 Å². The van der Waals surface area contributed by atoms with E-state index >= 15 is 0 Å². The van der Waals surface area contributed by atoms with Crippen LogP contribution in [0.1, 0.15) is 26.4 Å². The first-order valence-corrected chi connectivity index (χ1v) is 8.90. The smallest absolute Gasteiger partial charge is 0.286 e. The molecule has 7 heteroatoms. The SMILES string of the molecule is O=C(NNC(=O)c1cccn1Cc1ccccc1)c1ccc2c(c1)OCCO2. The Morgan fingerprint density at radius 1 is 0.857 bits per heavy atom. The van der Waals surface area contributed by atoms with Crippen molar-refractivity contribution in [1.82, 2.24) is 15.4 Å². The number of nitrogens with one attached hydrogen (secondary N) is 2. The number of hydrazine groups is 1. The number of fused-ring (bicyclic) bond motifs is 1. The first-order chi connectivity index (χ1) is 13.7. The van der Waals surface area contributed by atoms with E-state index in [9.17, 15) is 9.59 Å². The molecule has 0 saturated carbocycles. The van der Waals surface area contributed by atoms with Crippen molar-refractivity contribution in [3.05, 3.63) is 83.7 Å². The Bertz CT molecular complexity index is 998. The highest BCUT2D eigenvalue weighted by molar-refractivity contribution is 5.98. The molecule has 1 aliphatic rings. The second-order valence-electron chi connectivity index (χ2n) is 6.27. The number of nitrogens with zero attached hydrogens (tertiary/aromatic N) is 1. The van der Waals surface area contributed by atoms with Gasteiger partial charge in [-0.1, -0.05) is 30.3 Å². The summed E-state index contributed by atoms with van der Waals surface area (Å²) in [5.41, 5.74) is 6.79. The van der Waals surface area contributed by atoms with E-state index in [1.165, 1.54) is 0 Å². The lowest BCUT2D eigenvalue weighted by Crippen LogP contribution is -2.42. The van der Waals surface area contributed by atoms with Gasteiger partial charge in [0, 0.05) is 18.3 Å². The van der Waals surface area contributed by atoms with E-state index in [0.717, 1.165) is 5.56 Å². The third-order valence-corrected chi connectivity index (χ3v) is 4.35. The van der Waals surface area contributed by atoms with Crippen LogP contribution in [0, 0.1) is 0 Å². The summed E-state index contributed by atoms with van der Waals surface area (Å²) in [7, 11) is 0. The molecule has 142 valence electrons. The van der Waals surface area contributed by atoms with Crippen LogP contribution in [0.2, 0.25) is 0 Å². The van der Waals surface area contributed by atoms with Gasteiger partial charge < -0.3 is 14.0 Å². The molecule has 0 fully saturated rings. The summed E-state index contributed by atoms with van der Waals surface area (Å²) in [6, 6.07) is 18.2. The van der Waals surface area contributed by atoms with Crippen LogP contribution in [0.15, 0.2) is 66.9 Å². The van der Waals surface area contributed by atoms with Gasteiger partial charge in [0.1, 0.15) is 18.9 Å². The highest BCUT2D eigenvalue weighted by Crippen LogP contribution is 2.30. The molecule has 1 aliphatic heterocycles. The summed E-state index contributed by atoms with van der Waals surface area (Å²) in [6.45, 7) is 1.48. The summed E-state index contributed by atoms with van der Waals surface area (Å²) >= 11 is 0. The van der Waals surface area contributed by atoms with Crippen LogP contribution in [0.4, 0.5) is 0 Å². The van der Waals surface area contributed by atoms with Crippen molar-refractivity contribution in [2.45, 2.75) is 6.54 Å². The van der Waals surface area contributed by atoms with Crippen molar-refractivity contribution in [2.75, 3.05) is 13.2 Å². The summed E-state index contributed by atoms with van der Waals surface area (Å²) in [4.78, 5) is 24.8. The molecule has 0 spiro atoms. The molecule has 3 aromatic rings. The number of carbonyl (C=O) groups is 2. The maximum absolute atomic E-state index is 12.5. The van der Waals surface area contributed by atoms with Crippen LogP contribution in [-0.4, -0.2) is 29.6 Å². The molecule has 2 N–H and O–H groups in total. The third-order valence-electron chi connectivity index (χ3n) is 4.35. The molecule has 0 bridgehead atoms. The van der Waals surface area contributed by atoms with E-state index in [0.29, 0.717) is 42.5 Å². The van der Waals surface area contributed by atoms with Gasteiger partial charge in [0.2, 0.25) is 0 Å². The van der Waals surface area contributed by atoms with Crippen LogP contribution in [0.3, 0.4) is 0 Å². The number of amides is 2. The predicted molar refractivity (Wildman–Crippen MR) is 102 cm³/mol. The molecule has 2 heterocycles. The normalized spacial score (nSPS) is 12.3. The van der Waals surface area contributed by atoms with Gasteiger partial charge in [-0.15, -0.1) is 0 Å². The lowest BCUT2D eigenvalue weighted by Gasteiger charge is -2.18. The minimum Gasteiger partial charge on any atom is -0.486 e. The predicted octanol–water partition coefficient (Wildman–Crippen LogP) is 2.38. The first kappa shape index (κ1) is 17.7. The molecule has 0 saturated heterocycles. The molecule has 28 heavy (non-hydrogen) atoms. The molecule has 7 nitrogen and oxygen atoms in total. The van der Waals surface area contributed by atoms with Crippen molar-refractivity contribution in [2.24, 2.45) is 0 Å². The monoisotopic (exact) mass is 377 g/mol. The van der Waals surface area contributed by atoms with Gasteiger partial charge in [0.05, 0.1) is 0 Å². The average molecular weight is 377 g/mol. The molecule has 2 aromatic carbocycles. The second kappa shape index (κ2) is 7.87. The number of benzene rings is 2. The Labute approximate surface area is 161 Å². The quantitative estimate of drug-likeness (QED) is 0.684. The molecule has 0 atom stereocenters. The zero-order chi connectivity index (χ0) is 19.3. The number of hydrogen-bond acceptors (Lipinski definition) is 4. The molecule has 0 radical (unpaired) electrons. The standard InChI is InChI=1S/C21H19N3O4/c25-20(16-8-9-18-19(13-16)28-12-11-27-18)22-23-21(26)17-7-4-10-24(17)14-15-5-2-1-3-6-15/h1-10,13H,11-12,14H2,(H,22,25)(H,23,26). The Balaban J connectivity index is 1.40. The van der Waals surface area contributed by atoms with E-state index in [4.69, 9.17) is 9.47 Å². The Morgan fingerprint density at radius 3 is 2.43 bits per heavy atom. The van der Waals surface area contributed by atoms with Crippen LogP contribution in [0.25, 0.3) is 0 Å². The molecule has 0 aliphatic carbocycles. The molecule has 2 amide bonds. The number of hydrogen-bond donors (Lipinski definition) is 2. The molecule has 1 aromatic heterocycles. The Hall–Kier alpha value is -3.74. The highest BCUT2D eigenvalue weighted by atomic mass is 16.6. The van der Waals surface area contributed by atoms with Gasteiger partial charge in [-0.3, -0.25) is 20.4 Å². The van der Waals surface area contributed by atoms with Crippen molar-refractivity contribution < 1.29 is 19.1 Å². The van der Waals surface area contributed by atoms with Crippen LogP contribution in [-0.2, 0) is 6.54 Å². The van der Waals surface area contributed by atoms with Gasteiger partial charge in [-0.25, -0.2) is 0 Å². The zero-order valence-corrected chi connectivity index (χ0v) is 15.1. The fraction of sp³-hybridized carbons (Fsp3) is 0.143. The average Bonchev–Trinajstić information content (AvgIpc) is 3.20. The topological polar surface area (TPSA) is 81.6 Å². The molecule has 4 rings (SSSR count). The van der Waals surface area contributed by atoms with Gasteiger partial charge in [-0.05, 0) is 35.9 Å². The summed E-state index contributed by atoms with van der Waals surface area (Å²) in [5.74, 6) is 0.283. The van der Waals surface area contributed by atoms with Crippen molar-refractivity contribution in [1.29, 1.82) is 0 Å².